The normalized spacial score (nSPS) is 20.1. The van der Waals surface area contributed by atoms with E-state index in [4.69, 9.17) is 5.73 Å². The van der Waals surface area contributed by atoms with Gasteiger partial charge >= 0.3 is 0 Å². The summed E-state index contributed by atoms with van der Waals surface area (Å²) in [6.07, 6.45) is 5.24. The molecule has 1 saturated heterocycles. The number of aromatic nitrogens is 2. The number of amides is 2. The average molecular weight is 328 g/mol. The van der Waals surface area contributed by atoms with Crippen LogP contribution in [-0.2, 0) is 21.5 Å². The van der Waals surface area contributed by atoms with Crippen molar-refractivity contribution in [1.82, 2.24) is 14.9 Å². The molecule has 2 aromatic rings. The number of hydrogen-bond donors (Lipinski definition) is 1. The molecule has 7 heteroatoms. The van der Waals surface area contributed by atoms with E-state index in [1.807, 2.05) is 0 Å². The molecule has 2 heterocycles. The van der Waals surface area contributed by atoms with Crippen molar-refractivity contribution in [3.63, 3.8) is 0 Å². The number of primary amides is 1. The zero-order valence-corrected chi connectivity index (χ0v) is 13.0. The van der Waals surface area contributed by atoms with Crippen molar-refractivity contribution < 1.29 is 14.0 Å². The molecule has 1 aliphatic heterocycles. The molecule has 3 rings (SSSR count). The van der Waals surface area contributed by atoms with Crippen LogP contribution in [0.3, 0.4) is 0 Å². The maximum absolute atomic E-state index is 13.8. The molecule has 0 spiro atoms. The lowest BCUT2D eigenvalue weighted by Crippen LogP contribution is -2.54. The molecule has 2 amide bonds. The Morgan fingerprint density at radius 1 is 1.29 bits per heavy atom. The summed E-state index contributed by atoms with van der Waals surface area (Å²) in [6, 6.07) is 6.08. The molecule has 1 atom stereocenters. The van der Waals surface area contributed by atoms with Gasteiger partial charge < -0.3 is 10.6 Å². The number of rotatable bonds is 4. The first-order valence-corrected chi connectivity index (χ1v) is 7.66. The summed E-state index contributed by atoms with van der Waals surface area (Å²) in [7, 11) is 0. The number of likely N-dealkylation sites (tertiary alicyclic amines) is 1. The maximum atomic E-state index is 13.8. The minimum atomic E-state index is -1.32. The highest BCUT2D eigenvalue weighted by Crippen LogP contribution is 2.38. The van der Waals surface area contributed by atoms with Gasteiger partial charge in [0.2, 0.25) is 11.8 Å². The second kappa shape index (κ2) is 6.35. The number of carbonyl (C=O) groups is 2. The van der Waals surface area contributed by atoms with Gasteiger partial charge in [-0.3, -0.25) is 19.6 Å². The fourth-order valence-corrected chi connectivity index (χ4v) is 3.22. The molecule has 1 aromatic heterocycles. The van der Waals surface area contributed by atoms with Gasteiger partial charge in [0.05, 0.1) is 18.3 Å². The number of hydrogen-bond acceptors (Lipinski definition) is 4. The molecular weight excluding hydrogens is 311 g/mol. The van der Waals surface area contributed by atoms with Crippen LogP contribution in [0.1, 0.15) is 24.1 Å². The topological polar surface area (TPSA) is 89.2 Å². The summed E-state index contributed by atoms with van der Waals surface area (Å²) in [5.41, 5.74) is 4.95. The smallest absolute Gasteiger partial charge is 0.249 e. The Hall–Kier alpha value is -2.83. The van der Waals surface area contributed by atoms with Crippen molar-refractivity contribution in [2.24, 2.45) is 5.73 Å². The van der Waals surface area contributed by atoms with Crippen molar-refractivity contribution in [1.29, 1.82) is 0 Å². The zero-order valence-electron chi connectivity index (χ0n) is 13.0. The van der Waals surface area contributed by atoms with Gasteiger partial charge in [0.1, 0.15) is 5.82 Å². The molecule has 1 fully saturated rings. The van der Waals surface area contributed by atoms with Crippen LogP contribution in [0.2, 0.25) is 0 Å². The zero-order chi connectivity index (χ0) is 17.2. The summed E-state index contributed by atoms with van der Waals surface area (Å²) in [4.78, 5) is 34.6. The molecule has 1 aliphatic rings. The van der Waals surface area contributed by atoms with E-state index < -0.39 is 17.3 Å². The highest BCUT2D eigenvalue weighted by Gasteiger charge is 2.51. The lowest BCUT2D eigenvalue weighted by atomic mass is 9.90. The Kier molecular flexibility index (Phi) is 4.24. The second-order valence-electron chi connectivity index (χ2n) is 5.73. The first kappa shape index (κ1) is 16.0. The van der Waals surface area contributed by atoms with Gasteiger partial charge in [0.25, 0.3) is 0 Å². The number of nitrogens with two attached hydrogens (primary N) is 1. The Balaban J connectivity index is 1.95. The molecule has 0 saturated carbocycles. The molecular formula is C17H17FN4O2. The Labute approximate surface area is 138 Å². The quantitative estimate of drug-likeness (QED) is 0.912. The van der Waals surface area contributed by atoms with Crippen molar-refractivity contribution in [2.75, 3.05) is 6.54 Å². The van der Waals surface area contributed by atoms with Crippen molar-refractivity contribution in [3.05, 3.63) is 59.9 Å². The van der Waals surface area contributed by atoms with Gasteiger partial charge in [-0.2, -0.15) is 0 Å². The van der Waals surface area contributed by atoms with E-state index in [2.05, 4.69) is 9.97 Å². The molecule has 2 N–H and O–H groups in total. The first-order valence-electron chi connectivity index (χ1n) is 7.66. The van der Waals surface area contributed by atoms with Gasteiger partial charge in [-0.15, -0.1) is 0 Å². The molecule has 0 radical (unpaired) electrons. The molecule has 1 aromatic carbocycles. The van der Waals surface area contributed by atoms with Gasteiger partial charge in [0.15, 0.2) is 5.54 Å². The van der Waals surface area contributed by atoms with Crippen molar-refractivity contribution in [2.45, 2.75) is 24.8 Å². The lowest BCUT2D eigenvalue weighted by Gasteiger charge is -2.35. The molecule has 0 aliphatic carbocycles. The lowest BCUT2D eigenvalue weighted by molar-refractivity contribution is -0.144. The SMILES string of the molecule is NC(=O)C1(c2cnccn2)CCCN1C(=O)Cc1ccccc1F. The van der Waals surface area contributed by atoms with E-state index >= 15 is 0 Å². The van der Waals surface area contributed by atoms with E-state index in [9.17, 15) is 14.0 Å². The van der Waals surface area contributed by atoms with Gasteiger partial charge in [-0.05, 0) is 24.5 Å². The van der Waals surface area contributed by atoms with Crippen LogP contribution in [0, 0.1) is 5.82 Å². The Bertz CT molecular complexity index is 768. The van der Waals surface area contributed by atoms with Gasteiger partial charge in [-0.25, -0.2) is 4.39 Å². The van der Waals surface area contributed by atoms with Gasteiger partial charge in [-0.1, -0.05) is 18.2 Å². The molecule has 1 unspecified atom stereocenters. The third-order valence-corrected chi connectivity index (χ3v) is 4.38. The van der Waals surface area contributed by atoms with E-state index in [0.717, 1.165) is 0 Å². The predicted octanol–water partition coefficient (Wildman–Crippen LogP) is 1.16. The fourth-order valence-electron chi connectivity index (χ4n) is 3.22. The highest BCUT2D eigenvalue weighted by atomic mass is 19.1. The fraction of sp³-hybridized carbons (Fsp3) is 0.294. The van der Waals surface area contributed by atoms with E-state index in [0.29, 0.717) is 25.1 Å². The molecule has 124 valence electrons. The summed E-state index contributed by atoms with van der Waals surface area (Å²) in [5.74, 6) is -1.46. The standard InChI is InChI=1S/C17H17FN4O2/c18-13-5-2-1-4-12(13)10-15(23)22-9-3-6-17(22,16(19)24)14-11-20-7-8-21-14/h1-2,4-5,7-8,11H,3,6,9-10H2,(H2,19,24). The highest BCUT2D eigenvalue weighted by molar-refractivity contribution is 5.92. The van der Waals surface area contributed by atoms with Crippen LogP contribution in [-0.4, -0.2) is 33.2 Å². The van der Waals surface area contributed by atoms with E-state index in [1.165, 1.54) is 29.6 Å². The minimum Gasteiger partial charge on any atom is -0.367 e. The minimum absolute atomic E-state index is 0.137. The maximum Gasteiger partial charge on any atom is 0.249 e. The van der Waals surface area contributed by atoms with Crippen LogP contribution in [0.25, 0.3) is 0 Å². The van der Waals surface area contributed by atoms with Crippen molar-refractivity contribution >= 4 is 11.8 Å². The number of benzene rings is 1. The first-order chi connectivity index (χ1) is 11.6. The number of nitrogens with zero attached hydrogens (tertiary/aromatic N) is 3. The largest absolute Gasteiger partial charge is 0.367 e. The Morgan fingerprint density at radius 3 is 2.75 bits per heavy atom. The molecule has 24 heavy (non-hydrogen) atoms. The summed E-state index contributed by atoms with van der Waals surface area (Å²) < 4.78 is 13.8. The van der Waals surface area contributed by atoms with E-state index in [1.54, 1.807) is 18.2 Å². The second-order valence-corrected chi connectivity index (χ2v) is 5.73. The van der Waals surface area contributed by atoms with Crippen LogP contribution in [0.15, 0.2) is 42.9 Å². The predicted molar refractivity (Wildman–Crippen MR) is 84.0 cm³/mol. The van der Waals surface area contributed by atoms with Crippen LogP contribution < -0.4 is 5.73 Å². The summed E-state index contributed by atoms with van der Waals surface area (Å²) >= 11 is 0. The van der Waals surface area contributed by atoms with Crippen LogP contribution in [0.5, 0.6) is 0 Å². The Morgan fingerprint density at radius 2 is 2.08 bits per heavy atom. The van der Waals surface area contributed by atoms with E-state index in [-0.39, 0.29) is 17.9 Å². The monoisotopic (exact) mass is 328 g/mol. The summed E-state index contributed by atoms with van der Waals surface area (Å²) in [6.45, 7) is 0.368. The number of halogens is 1. The van der Waals surface area contributed by atoms with Crippen LogP contribution >= 0.6 is 0 Å². The molecule has 0 bridgehead atoms. The third kappa shape index (κ3) is 2.62. The van der Waals surface area contributed by atoms with Gasteiger partial charge in [0, 0.05) is 18.9 Å². The van der Waals surface area contributed by atoms with Crippen molar-refractivity contribution in [3.8, 4) is 0 Å². The molecule has 6 nitrogen and oxygen atoms in total. The third-order valence-electron chi connectivity index (χ3n) is 4.38. The number of carbonyl (C=O) groups excluding carboxylic acids is 2. The van der Waals surface area contributed by atoms with Crippen LogP contribution in [0.4, 0.5) is 4.39 Å². The average Bonchev–Trinajstić information content (AvgIpc) is 3.04. The summed E-state index contributed by atoms with van der Waals surface area (Å²) in [5, 5.41) is 0.